The molecule has 0 fully saturated rings. The van der Waals surface area contributed by atoms with Gasteiger partial charge in [-0.15, -0.1) is 11.3 Å². The maximum absolute atomic E-state index is 6.60. The molecule has 3 rings (SSSR count). The maximum Gasteiger partial charge on any atom is 0.137 e. The van der Waals surface area contributed by atoms with Gasteiger partial charge in [0.25, 0.3) is 0 Å². The molecule has 0 amide bonds. The van der Waals surface area contributed by atoms with Gasteiger partial charge in [0.15, 0.2) is 0 Å². The lowest BCUT2D eigenvalue weighted by molar-refractivity contribution is 0.300. The summed E-state index contributed by atoms with van der Waals surface area (Å²) in [5, 5.41) is 2.27. The van der Waals surface area contributed by atoms with E-state index < -0.39 is 0 Å². The van der Waals surface area contributed by atoms with Crippen LogP contribution in [0.3, 0.4) is 0 Å². The van der Waals surface area contributed by atoms with Crippen molar-refractivity contribution in [2.24, 2.45) is 0 Å². The predicted octanol–water partition coefficient (Wildman–Crippen LogP) is 15.0. The van der Waals surface area contributed by atoms with Crippen LogP contribution in [0.2, 0.25) is 0 Å². The van der Waals surface area contributed by atoms with Crippen molar-refractivity contribution in [1.29, 1.82) is 0 Å². The van der Waals surface area contributed by atoms with Crippen LogP contribution < -0.4 is 18.9 Å². The summed E-state index contributed by atoms with van der Waals surface area (Å²) in [6.45, 7) is 12.1. The molecule has 0 unspecified atom stereocenters. The normalized spacial score (nSPS) is 11.5. The highest BCUT2D eigenvalue weighted by atomic mass is 32.1. The number of hydrogen-bond donors (Lipinski definition) is 0. The predicted molar refractivity (Wildman–Crippen MR) is 215 cm³/mol. The highest BCUT2D eigenvalue weighted by molar-refractivity contribution is 7.26. The van der Waals surface area contributed by atoms with Gasteiger partial charge in [-0.05, 0) is 49.9 Å². The average molecular weight is 697 g/mol. The van der Waals surface area contributed by atoms with E-state index in [2.05, 4.69) is 52.0 Å². The lowest BCUT2D eigenvalue weighted by Gasteiger charge is -2.14. The Bertz CT molecular complexity index is 1160. The number of ether oxygens (including phenoxy) is 4. The van der Waals surface area contributed by atoms with E-state index in [9.17, 15) is 0 Å². The maximum atomic E-state index is 6.60. The molecular formula is C44H72O4S. The molecule has 0 aliphatic rings. The van der Waals surface area contributed by atoms with Gasteiger partial charge in [-0.3, -0.25) is 0 Å². The molecule has 5 heteroatoms. The Morgan fingerprint density at radius 1 is 0.327 bits per heavy atom. The second kappa shape index (κ2) is 26.6. The first kappa shape index (κ1) is 41.3. The number of rotatable bonds is 32. The van der Waals surface area contributed by atoms with Crippen molar-refractivity contribution in [2.45, 2.75) is 182 Å². The molecule has 278 valence electrons. The Labute approximate surface area is 305 Å². The van der Waals surface area contributed by atoms with Crippen LogP contribution >= 0.6 is 11.3 Å². The number of benzene rings is 2. The van der Waals surface area contributed by atoms with Gasteiger partial charge in [-0.1, -0.05) is 156 Å². The highest BCUT2D eigenvalue weighted by Crippen LogP contribution is 2.50. The van der Waals surface area contributed by atoms with Crippen LogP contribution in [0.4, 0.5) is 0 Å². The van der Waals surface area contributed by atoms with Crippen molar-refractivity contribution in [2.75, 3.05) is 26.4 Å². The minimum Gasteiger partial charge on any atom is -0.493 e. The first-order chi connectivity index (χ1) is 24.2. The molecule has 2 aromatic carbocycles. The molecule has 0 saturated carbocycles. The van der Waals surface area contributed by atoms with Crippen molar-refractivity contribution >= 4 is 31.5 Å². The Hall–Kier alpha value is -2.14. The Morgan fingerprint density at radius 3 is 0.878 bits per heavy atom. The molecule has 4 nitrogen and oxygen atoms in total. The molecule has 0 atom stereocenters. The Balaban J connectivity index is 1.87. The summed E-state index contributed by atoms with van der Waals surface area (Å²) in [4.78, 5) is 0. The van der Waals surface area contributed by atoms with Gasteiger partial charge in [0.05, 0.1) is 46.6 Å². The van der Waals surface area contributed by atoms with Gasteiger partial charge in [-0.25, -0.2) is 0 Å². The fourth-order valence-electron chi connectivity index (χ4n) is 6.60. The zero-order valence-corrected chi connectivity index (χ0v) is 33.0. The molecule has 1 heterocycles. The molecule has 49 heavy (non-hydrogen) atoms. The van der Waals surface area contributed by atoms with Crippen molar-refractivity contribution in [3.8, 4) is 23.0 Å². The van der Waals surface area contributed by atoms with Gasteiger partial charge in [0.1, 0.15) is 23.0 Å². The Kier molecular flexibility index (Phi) is 22.4. The molecule has 0 spiro atoms. The Morgan fingerprint density at radius 2 is 0.571 bits per heavy atom. The smallest absolute Gasteiger partial charge is 0.137 e. The topological polar surface area (TPSA) is 36.9 Å². The fraction of sp³-hybridized carbons (Fsp3) is 0.727. The first-order valence-electron chi connectivity index (χ1n) is 20.8. The minimum absolute atomic E-state index is 0.735. The summed E-state index contributed by atoms with van der Waals surface area (Å²) in [6, 6.07) is 8.56. The number of hydrogen-bond acceptors (Lipinski definition) is 5. The number of fused-ring (bicyclic) bond motifs is 3. The minimum atomic E-state index is 0.735. The lowest BCUT2D eigenvalue weighted by atomic mass is 10.1. The SMILES string of the molecule is CCCCCCCCOc1ccc(OCCCCCCCC)c2c1sc1c(OCCCCCCCC)ccc(OCCCCCCCC)c12. The van der Waals surface area contributed by atoms with Crippen LogP contribution in [-0.4, -0.2) is 26.4 Å². The van der Waals surface area contributed by atoms with Gasteiger partial charge < -0.3 is 18.9 Å². The quantitative estimate of drug-likeness (QED) is 0.0609. The third-order valence-corrected chi connectivity index (χ3v) is 10.9. The third-order valence-electron chi connectivity index (χ3n) is 9.64. The van der Waals surface area contributed by atoms with E-state index in [1.165, 1.54) is 128 Å². The second-order valence-corrected chi connectivity index (χ2v) is 15.1. The molecule has 0 aliphatic heterocycles. The van der Waals surface area contributed by atoms with Crippen LogP contribution in [0, 0.1) is 0 Å². The summed E-state index contributed by atoms with van der Waals surface area (Å²) in [5.41, 5.74) is 0. The average Bonchev–Trinajstić information content (AvgIpc) is 3.53. The van der Waals surface area contributed by atoms with E-state index in [1.807, 2.05) is 0 Å². The van der Waals surface area contributed by atoms with Crippen molar-refractivity contribution in [3.05, 3.63) is 24.3 Å². The van der Waals surface area contributed by atoms with Crippen molar-refractivity contribution < 1.29 is 18.9 Å². The molecular weight excluding hydrogens is 625 g/mol. The molecule has 0 radical (unpaired) electrons. The van der Waals surface area contributed by atoms with Crippen LogP contribution in [0.5, 0.6) is 23.0 Å². The summed E-state index contributed by atoms with van der Waals surface area (Å²) < 4.78 is 28.6. The van der Waals surface area contributed by atoms with Crippen LogP contribution in [0.15, 0.2) is 24.3 Å². The zero-order chi connectivity index (χ0) is 34.8. The van der Waals surface area contributed by atoms with E-state index in [0.717, 1.165) is 95.3 Å². The fourth-order valence-corrected chi connectivity index (χ4v) is 7.86. The summed E-state index contributed by atoms with van der Waals surface area (Å²) in [7, 11) is 0. The largest absolute Gasteiger partial charge is 0.493 e. The summed E-state index contributed by atoms with van der Waals surface area (Å²) in [6.07, 6.45) is 30.1. The molecule has 1 aromatic heterocycles. The lowest BCUT2D eigenvalue weighted by Crippen LogP contribution is -2.01. The van der Waals surface area contributed by atoms with Crippen LogP contribution in [0.1, 0.15) is 182 Å². The van der Waals surface area contributed by atoms with Crippen molar-refractivity contribution in [1.82, 2.24) is 0 Å². The van der Waals surface area contributed by atoms with Gasteiger partial charge in [0, 0.05) is 0 Å². The third kappa shape index (κ3) is 15.3. The monoisotopic (exact) mass is 697 g/mol. The van der Waals surface area contributed by atoms with Crippen molar-refractivity contribution in [3.63, 3.8) is 0 Å². The summed E-state index contributed by atoms with van der Waals surface area (Å²) in [5.74, 6) is 3.80. The van der Waals surface area contributed by atoms with E-state index in [-0.39, 0.29) is 0 Å². The molecule has 3 aromatic rings. The van der Waals surface area contributed by atoms with Gasteiger partial charge in [0.2, 0.25) is 0 Å². The molecule has 0 bridgehead atoms. The molecule has 0 N–H and O–H groups in total. The van der Waals surface area contributed by atoms with Gasteiger partial charge >= 0.3 is 0 Å². The zero-order valence-electron chi connectivity index (χ0n) is 32.1. The van der Waals surface area contributed by atoms with E-state index in [0.29, 0.717) is 0 Å². The standard InChI is InChI=1S/C44H72O4S/c1-5-9-13-17-21-25-33-45-37-29-31-39(47-35-27-23-19-15-11-7-3)43-41(37)42-38(46-34-26-22-18-14-10-6-2)30-32-40(44(42)49-43)48-36-28-24-20-16-12-8-4/h29-32H,5-28,33-36H2,1-4H3. The van der Waals surface area contributed by atoms with Gasteiger partial charge in [-0.2, -0.15) is 0 Å². The van der Waals surface area contributed by atoms with E-state index in [4.69, 9.17) is 18.9 Å². The molecule has 0 aliphatic carbocycles. The van der Waals surface area contributed by atoms with Crippen LogP contribution in [0.25, 0.3) is 20.2 Å². The van der Waals surface area contributed by atoms with Crippen LogP contribution in [-0.2, 0) is 0 Å². The van der Waals surface area contributed by atoms with E-state index >= 15 is 0 Å². The van der Waals surface area contributed by atoms with E-state index in [1.54, 1.807) is 11.3 Å². The number of unbranched alkanes of at least 4 members (excludes halogenated alkanes) is 20. The summed E-state index contributed by atoms with van der Waals surface area (Å²) >= 11 is 1.79. The first-order valence-corrected chi connectivity index (χ1v) is 21.6. The highest BCUT2D eigenvalue weighted by Gasteiger charge is 2.22. The molecule has 0 saturated heterocycles. The second-order valence-electron chi connectivity index (χ2n) is 14.1. The number of thiophene rings is 1.